The highest BCUT2D eigenvalue weighted by molar-refractivity contribution is 5.82. The van der Waals surface area contributed by atoms with Gasteiger partial charge in [-0.25, -0.2) is 0 Å². The van der Waals surface area contributed by atoms with Crippen molar-refractivity contribution in [2.75, 3.05) is 52.9 Å². The lowest BCUT2D eigenvalue weighted by Crippen LogP contribution is -2.57. The average Bonchev–Trinajstić information content (AvgIpc) is 3.34. The molecule has 2 saturated heterocycles. The molecule has 1 atom stereocenters. The number of carbonyl (C=O) groups is 1. The van der Waals surface area contributed by atoms with Crippen LogP contribution in [0, 0.1) is 5.41 Å². The van der Waals surface area contributed by atoms with Crippen molar-refractivity contribution in [2.24, 2.45) is 10.4 Å². The molecule has 0 spiro atoms. The number of guanidine groups is 1. The summed E-state index contributed by atoms with van der Waals surface area (Å²) in [4.78, 5) is 23.9. The number of carbonyl (C=O) groups excluding carboxylic acids is 1. The van der Waals surface area contributed by atoms with E-state index >= 15 is 0 Å². The van der Waals surface area contributed by atoms with Crippen LogP contribution in [0.3, 0.4) is 0 Å². The number of aliphatic imine (C=N–C) groups is 1. The Bertz CT molecular complexity index is 500. The maximum Gasteiger partial charge on any atom is 0.239 e. The molecule has 1 amide bonds. The maximum atomic E-state index is 12.6. The van der Waals surface area contributed by atoms with Crippen LogP contribution in [0.5, 0.6) is 0 Å². The van der Waals surface area contributed by atoms with Crippen molar-refractivity contribution in [2.45, 2.75) is 58.4 Å². The van der Waals surface area contributed by atoms with E-state index in [0.29, 0.717) is 11.3 Å². The summed E-state index contributed by atoms with van der Waals surface area (Å²) in [6.45, 7) is 11.1. The van der Waals surface area contributed by atoms with Gasteiger partial charge in [0.15, 0.2) is 5.96 Å². The molecule has 0 aromatic rings. The third-order valence-electron chi connectivity index (χ3n) is 6.63. The first kappa shape index (κ1) is 19.5. The molecule has 0 aromatic heterocycles. The largest absolute Gasteiger partial charge is 0.356 e. The van der Waals surface area contributed by atoms with Crippen molar-refractivity contribution in [3.63, 3.8) is 0 Å². The molecule has 1 aliphatic carbocycles. The molecule has 2 aliphatic heterocycles. The van der Waals surface area contributed by atoms with E-state index in [-0.39, 0.29) is 6.04 Å². The first-order valence-electron chi connectivity index (χ1n) is 10.5. The van der Waals surface area contributed by atoms with Crippen molar-refractivity contribution in [3.8, 4) is 0 Å². The Kier molecular flexibility index (Phi) is 6.43. The van der Waals surface area contributed by atoms with Crippen LogP contribution in [0.4, 0.5) is 0 Å². The smallest absolute Gasteiger partial charge is 0.239 e. The number of hydrogen-bond donors (Lipinski definition) is 1. The molecule has 26 heavy (non-hydrogen) atoms. The van der Waals surface area contributed by atoms with E-state index in [4.69, 9.17) is 0 Å². The lowest BCUT2D eigenvalue weighted by Gasteiger charge is -2.40. The van der Waals surface area contributed by atoms with Gasteiger partial charge in [-0.1, -0.05) is 19.8 Å². The van der Waals surface area contributed by atoms with Gasteiger partial charge in [0.2, 0.25) is 5.91 Å². The lowest BCUT2D eigenvalue weighted by molar-refractivity contribution is -0.135. The summed E-state index contributed by atoms with van der Waals surface area (Å²) in [7, 11) is 1.88. The SMILES string of the molecule is CN=C(NCC1(C)CCCC1)N1CCN(C(C)C(=O)N2CCCC2)CC1. The number of rotatable bonds is 4. The van der Waals surface area contributed by atoms with E-state index in [1.165, 1.54) is 25.7 Å². The van der Waals surface area contributed by atoms with E-state index in [1.807, 2.05) is 11.9 Å². The molecule has 1 N–H and O–H groups in total. The lowest BCUT2D eigenvalue weighted by atomic mass is 9.89. The zero-order valence-electron chi connectivity index (χ0n) is 17.0. The summed E-state index contributed by atoms with van der Waals surface area (Å²) in [6.07, 6.45) is 7.68. The van der Waals surface area contributed by atoms with Crippen LogP contribution in [0.25, 0.3) is 0 Å². The first-order chi connectivity index (χ1) is 12.5. The molecule has 0 radical (unpaired) electrons. The second kappa shape index (κ2) is 8.59. The van der Waals surface area contributed by atoms with Gasteiger partial charge in [-0.05, 0) is 38.0 Å². The molecule has 3 aliphatic rings. The predicted molar refractivity (Wildman–Crippen MR) is 106 cm³/mol. The number of nitrogens with zero attached hydrogens (tertiary/aromatic N) is 4. The normalized spacial score (nSPS) is 25.6. The minimum atomic E-state index is 0.00243. The third kappa shape index (κ3) is 4.51. The van der Waals surface area contributed by atoms with E-state index in [9.17, 15) is 4.79 Å². The molecular formula is C20H37N5O. The molecule has 148 valence electrons. The van der Waals surface area contributed by atoms with Gasteiger partial charge in [0.1, 0.15) is 0 Å². The van der Waals surface area contributed by atoms with E-state index < -0.39 is 0 Å². The molecular weight excluding hydrogens is 326 g/mol. The summed E-state index contributed by atoms with van der Waals surface area (Å²) in [6, 6.07) is 0.00243. The van der Waals surface area contributed by atoms with Crippen LogP contribution in [0.15, 0.2) is 4.99 Å². The average molecular weight is 364 g/mol. The summed E-state index contributed by atoms with van der Waals surface area (Å²) < 4.78 is 0. The Morgan fingerprint density at radius 2 is 1.62 bits per heavy atom. The van der Waals surface area contributed by atoms with Crippen molar-refractivity contribution in [1.29, 1.82) is 0 Å². The molecule has 6 heteroatoms. The van der Waals surface area contributed by atoms with Gasteiger partial charge in [-0.15, -0.1) is 0 Å². The van der Waals surface area contributed by atoms with Gasteiger partial charge < -0.3 is 15.1 Å². The minimum Gasteiger partial charge on any atom is -0.356 e. The number of nitrogens with one attached hydrogen (secondary N) is 1. The second-order valence-corrected chi connectivity index (χ2v) is 8.65. The predicted octanol–water partition coefficient (Wildman–Crippen LogP) is 1.77. The number of amides is 1. The molecule has 3 fully saturated rings. The van der Waals surface area contributed by atoms with Gasteiger partial charge >= 0.3 is 0 Å². The Labute approximate surface area is 159 Å². The highest BCUT2D eigenvalue weighted by Crippen LogP contribution is 2.36. The minimum absolute atomic E-state index is 0.00243. The van der Waals surface area contributed by atoms with Crippen molar-refractivity contribution in [3.05, 3.63) is 0 Å². The second-order valence-electron chi connectivity index (χ2n) is 8.65. The molecule has 6 nitrogen and oxygen atoms in total. The summed E-state index contributed by atoms with van der Waals surface area (Å²) in [5, 5.41) is 3.62. The van der Waals surface area contributed by atoms with Crippen LogP contribution < -0.4 is 5.32 Å². The van der Waals surface area contributed by atoms with Crippen molar-refractivity contribution < 1.29 is 4.79 Å². The van der Waals surface area contributed by atoms with Crippen LogP contribution in [-0.2, 0) is 4.79 Å². The van der Waals surface area contributed by atoms with E-state index in [2.05, 4.69) is 34.0 Å². The third-order valence-corrected chi connectivity index (χ3v) is 6.63. The Hall–Kier alpha value is -1.30. The van der Waals surface area contributed by atoms with Gasteiger partial charge in [-0.3, -0.25) is 14.7 Å². The molecule has 0 bridgehead atoms. The highest BCUT2D eigenvalue weighted by atomic mass is 16.2. The zero-order valence-corrected chi connectivity index (χ0v) is 17.0. The fourth-order valence-electron chi connectivity index (χ4n) is 4.71. The maximum absolute atomic E-state index is 12.6. The van der Waals surface area contributed by atoms with Gasteiger partial charge in [-0.2, -0.15) is 0 Å². The Morgan fingerprint density at radius 3 is 2.19 bits per heavy atom. The number of likely N-dealkylation sites (tertiary alicyclic amines) is 1. The van der Waals surface area contributed by atoms with Gasteiger partial charge in [0.25, 0.3) is 0 Å². The topological polar surface area (TPSA) is 51.2 Å². The quantitative estimate of drug-likeness (QED) is 0.611. The molecule has 1 unspecified atom stereocenters. The molecule has 3 rings (SSSR count). The van der Waals surface area contributed by atoms with Crippen molar-refractivity contribution in [1.82, 2.24) is 20.0 Å². The summed E-state index contributed by atoms with van der Waals surface area (Å²) in [5.41, 5.74) is 0.425. The fourth-order valence-corrected chi connectivity index (χ4v) is 4.71. The first-order valence-corrected chi connectivity index (χ1v) is 10.5. The summed E-state index contributed by atoms with van der Waals surface area (Å²) >= 11 is 0. The van der Waals surface area contributed by atoms with Crippen LogP contribution in [0.1, 0.15) is 52.4 Å². The van der Waals surface area contributed by atoms with Gasteiger partial charge in [0.05, 0.1) is 6.04 Å². The van der Waals surface area contributed by atoms with Crippen LogP contribution >= 0.6 is 0 Å². The summed E-state index contributed by atoms with van der Waals surface area (Å²) in [5.74, 6) is 1.34. The van der Waals surface area contributed by atoms with E-state index in [0.717, 1.165) is 64.6 Å². The molecule has 0 aromatic carbocycles. The Balaban J connectivity index is 1.46. The fraction of sp³-hybridized carbons (Fsp3) is 0.900. The standard InChI is InChI=1S/C20H37N5O/c1-17(18(26)24-10-6-7-11-24)23-12-14-25(15-13-23)19(21-3)22-16-20(2)8-4-5-9-20/h17H,4-16H2,1-3H3,(H,21,22). The van der Waals surface area contributed by atoms with Gasteiger partial charge in [0, 0.05) is 52.9 Å². The number of hydrogen-bond acceptors (Lipinski definition) is 3. The van der Waals surface area contributed by atoms with E-state index in [1.54, 1.807) is 0 Å². The monoisotopic (exact) mass is 363 g/mol. The van der Waals surface area contributed by atoms with Crippen LogP contribution in [0.2, 0.25) is 0 Å². The molecule has 2 heterocycles. The molecule has 1 saturated carbocycles. The highest BCUT2D eigenvalue weighted by Gasteiger charge is 2.32. The zero-order chi connectivity index (χ0) is 18.6. The van der Waals surface area contributed by atoms with Crippen LogP contribution in [-0.4, -0.2) is 85.5 Å². The Morgan fingerprint density at radius 1 is 1.00 bits per heavy atom. The van der Waals surface area contributed by atoms with Crippen molar-refractivity contribution >= 4 is 11.9 Å². The number of piperazine rings is 1.